The molecule has 0 fully saturated rings. The summed E-state index contributed by atoms with van der Waals surface area (Å²) in [5.74, 6) is 0.0915. The number of carbonyl (C=O) groups is 1. The van der Waals surface area contributed by atoms with Gasteiger partial charge in [-0.15, -0.1) is 11.3 Å². The van der Waals surface area contributed by atoms with Crippen molar-refractivity contribution in [3.63, 3.8) is 0 Å². The molecule has 2 heterocycles. The molecule has 0 unspecified atom stereocenters. The third-order valence-electron chi connectivity index (χ3n) is 4.79. The van der Waals surface area contributed by atoms with Gasteiger partial charge in [0.2, 0.25) is 0 Å². The molecule has 2 aromatic carbocycles. The summed E-state index contributed by atoms with van der Waals surface area (Å²) in [7, 11) is 0. The van der Waals surface area contributed by atoms with Crippen molar-refractivity contribution >= 4 is 27.5 Å². The van der Waals surface area contributed by atoms with Gasteiger partial charge < -0.3 is 9.72 Å². The van der Waals surface area contributed by atoms with Crippen LogP contribution in [0.4, 0.5) is 0 Å². The first-order valence-corrected chi connectivity index (χ1v) is 10.3. The van der Waals surface area contributed by atoms with Crippen LogP contribution in [-0.2, 0) is 16.1 Å². The van der Waals surface area contributed by atoms with E-state index in [0.29, 0.717) is 16.0 Å². The number of rotatable bonds is 6. The predicted octanol–water partition coefficient (Wildman–Crippen LogP) is 4.89. The highest BCUT2D eigenvalue weighted by atomic mass is 32.1. The average molecular weight is 404 g/mol. The molecule has 146 valence electrons. The molecule has 6 heteroatoms. The van der Waals surface area contributed by atoms with Crippen LogP contribution in [0.1, 0.15) is 30.7 Å². The summed E-state index contributed by atoms with van der Waals surface area (Å²) in [5.41, 5.74) is 2.70. The second kappa shape index (κ2) is 8.41. The molecule has 29 heavy (non-hydrogen) atoms. The average Bonchev–Trinajstić information content (AvgIpc) is 3.18. The zero-order valence-electron chi connectivity index (χ0n) is 15.9. The molecule has 0 amide bonds. The Kier molecular flexibility index (Phi) is 5.53. The number of thiophene rings is 1. The lowest BCUT2D eigenvalue weighted by atomic mass is 9.98. The Morgan fingerprint density at radius 3 is 2.52 bits per heavy atom. The first kappa shape index (κ1) is 19.1. The van der Waals surface area contributed by atoms with Gasteiger partial charge >= 0.3 is 5.97 Å². The Morgan fingerprint density at radius 2 is 1.79 bits per heavy atom. The molecule has 0 aliphatic heterocycles. The number of fused-ring (bicyclic) bond motifs is 1. The fourth-order valence-corrected chi connectivity index (χ4v) is 4.22. The van der Waals surface area contributed by atoms with Gasteiger partial charge in [0.25, 0.3) is 5.56 Å². The van der Waals surface area contributed by atoms with Crippen LogP contribution in [-0.4, -0.2) is 15.9 Å². The number of nitrogens with zero attached hydrogens (tertiary/aromatic N) is 1. The maximum absolute atomic E-state index is 12.6. The van der Waals surface area contributed by atoms with Crippen molar-refractivity contribution in [2.75, 3.05) is 0 Å². The number of hydrogen-bond acceptors (Lipinski definition) is 5. The highest BCUT2D eigenvalue weighted by Crippen LogP contribution is 2.30. The van der Waals surface area contributed by atoms with Crippen LogP contribution in [0.2, 0.25) is 0 Å². The predicted molar refractivity (Wildman–Crippen MR) is 115 cm³/mol. The fourth-order valence-electron chi connectivity index (χ4n) is 3.25. The minimum absolute atomic E-state index is 0.0515. The second-order valence-electron chi connectivity index (χ2n) is 6.88. The number of nitrogens with one attached hydrogen (secondary N) is 1. The van der Waals surface area contributed by atoms with Crippen LogP contribution in [0.3, 0.4) is 0 Å². The smallest absolute Gasteiger partial charge is 0.306 e. The maximum Gasteiger partial charge on any atom is 0.306 e. The van der Waals surface area contributed by atoms with Crippen molar-refractivity contribution in [3.05, 3.63) is 87.8 Å². The van der Waals surface area contributed by atoms with Gasteiger partial charge in [0, 0.05) is 10.9 Å². The van der Waals surface area contributed by atoms with E-state index in [1.54, 1.807) is 0 Å². The van der Waals surface area contributed by atoms with E-state index in [0.717, 1.165) is 16.7 Å². The number of benzene rings is 2. The second-order valence-corrected chi connectivity index (χ2v) is 7.74. The number of carbonyl (C=O) groups excluding carboxylic acids is 1. The highest BCUT2D eigenvalue weighted by Gasteiger charge is 2.15. The third-order valence-corrected chi connectivity index (χ3v) is 5.66. The summed E-state index contributed by atoms with van der Waals surface area (Å²) in [6.45, 7) is 1.93. The van der Waals surface area contributed by atoms with Gasteiger partial charge in [-0.1, -0.05) is 67.6 Å². The summed E-state index contributed by atoms with van der Waals surface area (Å²) < 4.78 is 5.35. The lowest BCUT2D eigenvalue weighted by molar-refractivity contribution is -0.145. The zero-order valence-corrected chi connectivity index (χ0v) is 16.7. The molecule has 0 spiro atoms. The van der Waals surface area contributed by atoms with E-state index in [1.807, 2.05) is 73.0 Å². The van der Waals surface area contributed by atoms with E-state index in [-0.39, 0.29) is 30.5 Å². The van der Waals surface area contributed by atoms with E-state index < -0.39 is 0 Å². The topological polar surface area (TPSA) is 72.0 Å². The fraction of sp³-hybridized carbons (Fsp3) is 0.174. The Labute approximate surface area is 172 Å². The Hall–Kier alpha value is -3.25. The summed E-state index contributed by atoms with van der Waals surface area (Å²) in [4.78, 5) is 32.7. The van der Waals surface area contributed by atoms with Crippen LogP contribution in [0.5, 0.6) is 0 Å². The summed E-state index contributed by atoms with van der Waals surface area (Å²) >= 11 is 1.41. The van der Waals surface area contributed by atoms with Gasteiger partial charge in [0.1, 0.15) is 17.3 Å². The van der Waals surface area contributed by atoms with Crippen molar-refractivity contribution in [2.45, 2.75) is 25.9 Å². The monoisotopic (exact) mass is 404 g/mol. The molecule has 1 atom stereocenters. The van der Waals surface area contributed by atoms with Crippen LogP contribution >= 0.6 is 11.3 Å². The van der Waals surface area contributed by atoms with Gasteiger partial charge in [0.15, 0.2) is 0 Å². The molecule has 5 nitrogen and oxygen atoms in total. The molecule has 0 aliphatic carbocycles. The van der Waals surface area contributed by atoms with Crippen molar-refractivity contribution in [1.29, 1.82) is 0 Å². The molecule has 0 saturated carbocycles. The number of aromatic amines is 1. The largest absolute Gasteiger partial charge is 0.457 e. The van der Waals surface area contributed by atoms with E-state index in [9.17, 15) is 9.59 Å². The first-order chi connectivity index (χ1) is 14.1. The molecule has 4 aromatic rings. The third kappa shape index (κ3) is 4.27. The van der Waals surface area contributed by atoms with Crippen molar-refractivity contribution in [3.8, 4) is 11.1 Å². The normalized spacial score (nSPS) is 12.0. The van der Waals surface area contributed by atoms with Crippen molar-refractivity contribution in [1.82, 2.24) is 9.97 Å². The van der Waals surface area contributed by atoms with E-state index in [4.69, 9.17) is 4.74 Å². The van der Waals surface area contributed by atoms with Gasteiger partial charge in [-0.25, -0.2) is 4.98 Å². The molecule has 0 bridgehead atoms. The Bertz CT molecular complexity index is 1180. The molecule has 0 saturated heterocycles. The van der Waals surface area contributed by atoms with Crippen LogP contribution in [0.25, 0.3) is 21.3 Å². The molecular weight excluding hydrogens is 384 g/mol. The SMILES string of the molecule is C[C@@H](CC(=O)OCc1nc2scc(-c3ccccc3)c2c(=O)[nH]1)c1ccccc1. The number of esters is 1. The van der Waals surface area contributed by atoms with Crippen LogP contribution < -0.4 is 5.56 Å². The minimum Gasteiger partial charge on any atom is -0.457 e. The van der Waals surface area contributed by atoms with E-state index in [1.165, 1.54) is 11.3 Å². The number of ether oxygens (including phenoxy) is 1. The molecule has 0 aliphatic rings. The highest BCUT2D eigenvalue weighted by molar-refractivity contribution is 7.17. The molecular formula is C23H20N2O3S. The van der Waals surface area contributed by atoms with E-state index in [2.05, 4.69) is 9.97 Å². The summed E-state index contributed by atoms with van der Waals surface area (Å²) in [6, 6.07) is 19.6. The quantitative estimate of drug-likeness (QED) is 0.465. The van der Waals surface area contributed by atoms with Gasteiger partial charge in [-0.2, -0.15) is 0 Å². The number of H-pyrrole nitrogens is 1. The number of aromatic nitrogens is 2. The standard InChI is InChI=1S/C23H20N2O3S/c1-15(16-8-4-2-5-9-16)12-20(26)28-13-19-24-22(27)21-18(14-29-23(21)25-19)17-10-6-3-7-11-17/h2-11,14-15H,12-13H2,1H3,(H,24,25,27)/t15-/m0/s1. The van der Waals surface area contributed by atoms with Crippen molar-refractivity contribution < 1.29 is 9.53 Å². The molecule has 2 aromatic heterocycles. The Balaban J connectivity index is 1.46. The van der Waals surface area contributed by atoms with Gasteiger partial charge in [0.05, 0.1) is 11.8 Å². The van der Waals surface area contributed by atoms with Crippen molar-refractivity contribution in [2.24, 2.45) is 0 Å². The van der Waals surface area contributed by atoms with Crippen LogP contribution in [0.15, 0.2) is 70.8 Å². The summed E-state index contributed by atoms with van der Waals surface area (Å²) in [5, 5.41) is 2.49. The minimum atomic E-state index is -0.319. The maximum atomic E-state index is 12.6. The lowest BCUT2D eigenvalue weighted by Gasteiger charge is -2.11. The zero-order chi connectivity index (χ0) is 20.2. The van der Waals surface area contributed by atoms with Gasteiger partial charge in [-0.3, -0.25) is 9.59 Å². The van der Waals surface area contributed by atoms with E-state index >= 15 is 0 Å². The van der Waals surface area contributed by atoms with Gasteiger partial charge in [-0.05, 0) is 17.0 Å². The number of hydrogen-bond donors (Lipinski definition) is 1. The first-order valence-electron chi connectivity index (χ1n) is 9.38. The molecule has 4 rings (SSSR count). The lowest BCUT2D eigenvalue weighted by Crippen LogP contribution is -2.15. The summed E-state index contributed by atoms with van der Waals surface area (Å²) in [6.07, 6.45) is 0.271. The molecule has 1 N–H and O–H groups in total. The Morgan fingerprint density at radius 1 is 1.10 bits per heavy atom. The molecule has 0 radical (unpaired) electrons. The van der Waals surface area contributed by atoms with Crippen LogP contribution in [0, 0.1) is 0 Å².